The van der Waals surface area contributed by atoms with Crippen molar-refractivity contribution in [3.05, 3.63) is 110 Å². The van der Waals surface area contributed by atoms with Crippen LogP contribution in [0.3, 0.4) is 0 Å². The highest BCUT2D eigenvalue weighted by Gasteiger charge is 2.42. The number of para-hydroxylation sites is 1. The van der Waals surface area contributed by atoms with Gasteiger partial charge in [0.25, 0.3) is 5.91 Å². The number of halogens is 1. The second-order valence-electron chi connectivity index (χ2n) is 7.72. The van der Waals surface area contributed by atoms with E-state index in [0.717, 1.165) is 21.3 Å². The Kier molecular flexibility index (Phi) is 5.31. The van der Waals surface area contributed by atoms with E-state index in [1.165, 1.54) is 0 Å². The molecule has 6 heteroatoms. The lowest BCUT2D eigenvalue weighted by molar-refractivity contribution is 0.0730. The summed E-state index contributed by atoms with van der Waals surface area (Å²) in [5.74, 6) is 0.654. The Bertz CT molecular complexity index is 1380. The summed E-state index contributed by atoms with van der Waals surface area (Å²) in [5.41, 5.74) is 2.61. The van der Waals surface area contributed by atoms with Gasteiger partial charge < -0.3 is 14.1 Å². The van der Waals surface area contributed by atoms with E-state index in [2.05, 4.69) is 15.9 Å². The van der Waals surface area contributed by atoms with E-state index >= 15 is 0 Å². The predicted octanol–water partition coefficient (Wildman–Crippen LogP) is 5.35. The fourth-order valence-corrected chi connectivity index (χ4v) is 4.68. The number of fused-ring (bicyclic) bond motifs is 2. The van der Waals surface area contributed by atoms with Crippen molar-refractivity contribution in [3.8, 4) is 5.75 Å². The molecule has 1 atom stereocenters. The summed E-state index contributed by atoms with van der Waals surface area (Å²) < 4.78 is 12.1. The van der Waals surface area contributed by atoms with Gasteiger partial charge >= 0.3 is 0 Å². The van der Waals surface area contributed by atoms with Crippen molar-refractivity contribution in [1.29, 1.82) is 0 Å². The van der Waals surface area contributed by atoms with Crippen LogP contribution in [0.4, 0.5) is 0 Å². The standard InChI is InChI=1S/C26H20BrNO4/c1-31-19-11-9-16(10-12-19)13-14-28-23(17-5-4-6-18(27)15-17)22-24(29)20-7-2-3-8-21(20)32-25(22)26(28)30/h2-12,15,23H,13-14H2,1H3/t23-/m1/s1. The van der Waals surface area contributed by atoms with Crippen molar-refractivity contribution in [2.45, 2.75) is 12.5 Å². The van der Waals surface area contributed by atoms with E-state index in [0.29, 0.717) is 29.5 Å². The quantitative estimate of drug-likeness (QED) is 0.379. The number of rotatable bonds is 5. The molecule has 160 valence electrons. The molecule has 0 bridgehead atoms. The van der Waals surface area contributed by atoms with Crippen LogP contribution in [-0.2, 0) is 6.42 Å². The van der Waals surface area contributed by atoms with Crippen LogP contribution in [0.1, 0.15) is 33.3 Å². The second-order valence-corrected chi connectivity index (χ2v) is 8.64. The maximum absolute atomic E-state index is 13.5. The number of methoxy groups -OCH3 is 1. The molecule has 1 amide bonds. The lowest BCUT2D eigenvalue weighted by atomic mass is 9.98. The van der Waals surface area contributed by atoms with Crippen LogP contribution in [0.25, 0.3) is 11.0 Å². The first-order valence-electron chi connectivity index (χ1n) is 10.3. The number of nitrogens with zero attached hydrogens (tertiary/aromatic N) is 1. The second kappa shape index (κ2) is 8.28. The smallest absolute Gasteiger partial charge is 0.290 e. The lowest BCUT2D eigenvalue weighted by Crippen LogP contribution is -2.31. The average Bonchev–Trinajstić information content (AvgIpc) is 3.10. The van der Waals surface area contributed by atoms with Gasteiger partial charge in [0.2, 0.25) is 5.76 Å². The van der Waals surface area contributed by atoms with Gasteiger partial charge in [-0.05, 0) is 53.9 Å². The van der Waals surface area contributed by atoms with Crippen molar-refractivity contribution in [2.75, 3.05) is 13.7 Å². The minimum Gasteiger partial charge on any atom is -0.497 e. The van der Waals surface area contributed by atoms with Crippen molar-refractivity contribution in [1.82, 2.24) is 4.90 Å². The summed E-state index contributed by atoms with van der Waals surface area (Å²) in [7, 11) is 1.63. The Morgan fingerprint density at radius 1 is 1.00 bits per heavy atom. The Morgan fingerprint density at radius 2 is 1.78 bits per heavy atom. The summed E-state index contributed by atoms with van der Waals surface area (Å²) in [6.07, 6.45) is 0.641. The van der Waals surface area contributed by atoms with E-state index in [4.69, 9.17) is 9.15 Å². The summed E-state index contributed by atoms with van der Waals surface area (Å²) >= 11 is 3.51. The van der Waals surface area contributed by atoms with Crippen LogP contribution in [0, 0.1) is 0 Å². The number of carbonyl (C=O) groups excluding carboxylic acids is 1. The molecule has 1 aromatic heterocycles. The number of ether oxygens (including phenoxy) is 1. The van der Waals surface area contributed by atoms with Gasteiger partial charge in [-0.25, -0.2) is 0 Å². The molecular formula is C26H20BrNO4. The SMILES string of the molecule is COc1ccc(CCN2C(=O)c3oc4ccccc4c(=O)c3[C@H]2c2cccc(Br)c2)cc1. The minimum absolute atomic E-state index is 0.133. The van der Waals surface area contributed by atoms with Crippen LogP contribution in [0.15, 0.2) is 86.5 Å². The molecule has 0 fully saturated rings. The number of amides is 1. The summed E-state index contributed by atoms with van der Waals surface area (Å²) in [6.45, 7) is 0.447. The van der Waals surface area contributed by atoms with Crippen LogP contribution in [0.5, 0.6) is 5.75 Å². The fourth-order valence-electron chi connectivity index (χ4n) is 4.26. The van der Waals surface area contributed by atoms with Crippen molar-refractivity contribution >= 4 is 32.8 Å². The Labute approximate surface area is 193 Å². The third-order valence-corrected chi connectivity index (χ3v) is 6.33. The molecule has 0 spiro atoms. The molecule has 1 aliphatic rings. The first kappa shape index (κ1) is 20.5. The topological polar surface area (TPSA) is 59.8 Å². The normalized spacial score (nSPS) is 15.2. The zero-order valence-electron chi connectivity index (χ0n) is 17.4. The van der Waals surface area contributed by atoms with Gasteiger partial charge in [0, 0.05) is 11.0 Å². The monoisotopic (exact) mass is 489 g/mol. The molecule has 0 unspecified atom stereocenters. The Hall–Kier alpha value is -3.38. The molecule has 0 radical (unpaired) electrons. The summed E-state index contributed by atoms with van der Waals surface area (Å²) in [4.78, 5) is 28.6. The van der Waals surface area contributed by atoms with Gasteiger partial charge in [0.1, 0.15) is 11.3 Å². The molecule has 4 aromatic rings. The predicted molar refractivity (Wildman–Crippen MR) is 126 cm³/mol. The van der Waals surface area contributed by atoms with Crippen molar-refractivity contribution < 1.29 is 13.9 Å². The van der Waals surface area contributed by atoms with E-state index in [-0.39, 0.29) is 17.1 Å². The van der Waals surface area contributed by atoms with Gasteiger partial charge in [0.15, 0.2) is 5.43 Å². The van der Waals surface area contributed by atoms with Crippen LogP contribution >= 0.6 is 15.9 Å². The number of benzene rings is 3. The van der Waals surface area contributed by atoms with Crippen LogP contribution in [0.2, 0.25) is 0 Å². The molecule has 5 nitrogen and oxygen atoms in total. The van der Waals surface area contributed by atoms with Crippen LogP contribution in [-0.4, -0.2) is 24.5 Å². The number of hydrogen-bond donors (Lipinski definition) is 0. The van der Waals surface area contributed by atoms with Gasteiger partial charge in [-0.3, -0.25) is 9.59 Å². The lowest BCUT2D eigenvalue weighted by Gasteiger charge is -2.25. The first-order valence-corrected chi connectivity index (χ1v) is 11.1. The molecule has 2 heterocycles. The highest BCUT2D eigenvalue weighted by molar-refractivity contribution is 9.10. The maximum Gasteiger partial charge on any atom is 0.290 e. The Morgan fingerprint density at radius 3 is 2.53 bits per heavy atom. The molecule has 0 saturated heterocycles. The van der Waals surface area contributed by atoms with Gasteiger partial charge in [-0.1, -0.05) is 52.3 Å². The number of carbonyl (C=O) groups is 1. The van der Waals surface area contributed by atoms with E-state index in [1.54, 1.807) is 36.3 Å². The third-order valence-electron chi connectivity index (χ3n) is 5.84. The minimum atomic E-state index is -0.505. The molecule has 0 aliphatic carbocycles. The van der Waals surface area contributed by atoms with Crippen molar-refractivity contribution in [3.63, 3.8) is 0 Å². The largest absolute Gasteiger partial charge is 0.497 e. The average molecular weight is 490 g/mol. The number of hydrogen-bond acceptors (Lipinski definition) is 4. The first-order chi connectivity index (χ1) is 15.6. The highest BCUT2D eigenvalue weighted by atomic mass is 79.9. The zero-order valence-corrected chi connectivity index (χ0v) is 19.0. The van der Waals surface area contributed by atoms with Crippen molar-refractivity contribution in [2.24, 2.45) is 0 Å². The molecule has 0 saturated carbocycles. The van der Waals surface area contributed by atoms with Crippen LogP contribution < -0.4 is 10.2 Å². The van der Waals surface area contributed by atoms with Gasteiger partial charge in [0.05, 0.1) is 24.1 Å². The highest BCUT2D eigenvalue weighted by Crippen LogP contribution is 2.38. The molecule has 1 aliphatic heterocycles. The summed E-state index contributed by atoms with van der Waals surface area (Å²) in [6, 6.07) is 22.0. The molecular weight excluding hydrogens is 470 g/mol. The molecule has 5 rings (SSSR count). The van der Waals surface area contributed by atoms with Gasteiger partial charge in [-0.15, -0.1) is 0 Å². The zero-order chi connectivity index (χ0) is 22.2. The summed E-state index contributed by atoms with van der Waals surface area (Å²) in [5, 5.41) is 0.482. The van der Waals surface area contributed by atoms with E-state index in [1.807, 2.05) is 48.5 Å². The Balaban J connectivity index is 1.59. The van der Waals surface area contributed by atoms with E-state index < -0.39 is 6.04 Å². The molecule has 32 heavy (non-hydrogen) atoms. The van der Waals surface area contributed by atoms with Gasteiger partial charge in [-0.2, -0.15) is 0 Å². The van der Waals surface area contributed by atoms with E-state index in [9.17, 15) is 9.59 Å². The molecule has 0 N–H and O–H groups in total. The fraction of sp³-hybridized carbons (Fsp3) is 0.154. The molecule has 3 aromatic carbocycles. The maximum atomic E-state index is 13.5. The third kappa shape index (κ3) is 3.50.